The number of rotatable bonds is 6. The molecule has 2 nitrogen and oxygen atoms in total. The van der Waals surface area contributed by atoms with Crippen molar-refractivity contribution in [3.8, 4) is 0 Å². The normalized spacial score (nSPS) is 19.7. The third-order valence-electron chi connectivity index (χ3n) is 3.31. The molecule has 1 heterocycles. The molecule has 4 heteroatoms. The monoisotopic (exact) mass is 302 g/mol. The van der Waals surface area contributed by atoms with Gasteiger partial charge in [-0.05, 0) is 58.6 Å². The first-order chi connectivity index (χ1) is 7.72. The summed E-state index contributed by atoms with van der Waals surface area (Å²) in [5.41, 5.74) is 5.83. The van der Waals surface area contributed by atoms with Crippen LogP contribution in [0.25, 0.3) is 0 Å². The van der Waals surface area contributed by atoms with Gasteiger partial charge >= 0.3 is 0 Å². The van der Waals surface area contributed by atoms with Crippen LogP contribution >= 0.6 is 27.3 Å². The highest BCUT2D eigenvalue weighted by Crippen LogP contribution is 2.36. The summed E-state index contributed by atoms with van der Waals surface area (Å²) in [6, 6.07) is 2.39. The number of nitrogens with two attached hydrogens (primary N) is 1. The number of hydrogen-bond donors (Lipinski definition) is 2. The highest BCUT2D eigenvalue weighted by molar-refractivity contribution is 9.10. The lowest BCUT2D eigenvalue weighted by Gasteiger charge is -2.19. The summed E-state index contributed by atoms with van der Waals surface area (Å²) in [7, 11) is 0. The molecule has 0 aliphatic heterocycles. The maximum Gasteiger partial charge on any atom is 0.0550 e. The molecular weight excluding hydrogens is 284 g/mol. The average Bonchev–Trinajstić information content (AvgIpc) is 3.04. The Labute approximate surface area is 110 Å². The molecule has 0 saturated heterocycles. The summed E-state index contributed by atoms with van der Waals surface area (Å²) in [5, 5.41) is 5.69. The molecular formula is C12H19BrN2S. The van der Waals surface area contributed by atoms with Gasteiger partial charge in [-0.25, -0.2) is 0 Å². The first-order valence-electron chi connectivity index (χ1n) is 5.88. The Bertz CT molecular complexity index is 336. The van der Waals surface area contributed by atoms with Crippen LogP contribution in [-0.2, 0) is 0 Å². The topological polar surface area (TPSA) is 38.0 Å². The summed E-state index contributed by atoms with van der Waals surface area (Å²) in [4.78, 5) is 1.32. The lowest BCUT2D eigenvalue weighted by atomic mass is 10.1. The Morgan fingerprint density at radius 2 is 2.38 bits per heavy atom. The van der Waals surface area contributed by atoms with E-state index >= 15 is 0 Å². The molecule has 0 aromatic carbocycles. The number of thiophene rings is 1. The van der Waals surface area contributed by atoms with Gasteiger partial charge in [0.2, 0.25) is 0 Å². The molecule has 1 fully saturated rings. The second kappa shape index (κ2) is 5.63. The minimum Gasteiger partial charge on any atom is -0.329 e. The van der Waals surface area contributed by atoms with Gasteiger partial charge in [-0.15, -0.1) is 11.3 Å². The Kier molecular flexibility index (Phi) is 4.41. The van der Waals surface area contributed by atoms with Gasteiger partial charge < -0.3 is 11.1 Å². The van der Waals surface area contributed by atoms with Crippen molar-refractivity contribution in [3.05, 3.63) is 20.8 Å². The minimum atomic E-state index is 0.301. The largest absolute Gasteiger partial charge is 0.329 e. The van der Waals surface area contributed by atoms with Gasteiger partial charge in [0, 0.05) is 15.9 Å². The third-order valence-corrected chi connectivity index (χ3v) is 5.29. The molecule has 0 amide bonds. The standard InChI is InChI=1S/C12H19BrN2S/c1-8(9-2-3-9)7-15-11(6-14)12-10(13)4-5-16-12/h4-5,8-9,11,15H,2-3,6-7,14H2,1H3. The molecule has 16 heavy (non-hydrogen) atoms. The molecule has 2 rings (SSSR count). The Hall–Kier alpha value is 0.100. The van der Waals surface area contributed by atoms with Gasteiger partial charge in [-0.2, -0.15) is 0 Å². The smallest absolute Gasteiger partial charge is 0.0550 e. The Balaban J connectivity index is 1.87. The highest BCUT2D eigenvalue weighted by Gasteiger charge is 2.28. The van der Waals surface area contributed by atoms with Crippen LogP contribution in [-0.4, -0.2) is 13.1 Å². The molecule has 3 N–H and O–H groups in total. The molecule has 2 atom stereocenters. The van der Waals surface area contributed by atoms with E-state index < -0.39 is 0 Å². The van der Waals surface area contributed by atoms with Gasteiger partial charge in [0.15, 0.2) is 0 Å². The number of halogens is 1. The van der Waals surface area contributed by atoms with Gasteiger partial charge in [0.25, 0.3) is 0 Å². The van der Waals surface area contributed by atoms with E-state index in [1.165, 1.54) is 22.2 Å². The summed E-state index contributed by atoms with van der Waals surface area (Å²) in [6.45, 7) is 4.08. The molecule has 1 aliphatic rings. The number of nitrogens with one attached hydrogen (secondary N) is 1. The fourth-order valence-electron chi connectivity index (χ4n) is 2.00. The average molecular weight is 303 g/mol. The summed E-state index contributed by atoms with van der Waals surface area (Å²) in [6.07, 6.45) is 2.83. The van der Waals surface area contributed by atoms with Crippen LogP contribution in [0.5, 0.6) is 0 Å². The molecule has 1 aliphatic carbocycles. The van der Waals surface area contributed by atoms with Crippen LogP contribution in [0.2, 0.25) is 0 Å². The second-order valence-electron chi connectivity index (χ2n) is 4.64. The van der Waals surface area contributed by atoms with Crippen molar-refractivity contribution in [2.45, 2.75) is 25.8 Å². The van der Waals surface area contributed by atoms with E-state index in [0.29, 0.717) is 12.6 Å². The maximum absolute atomic E-state index is 5.83. The quantitative estimate of drug-likeness (QED) is 0.847. The summed E-state index contributed by atoms with van der Waals surface area (Å²) < 4.78 is 1.18. The highest BCUT2D eigenvalue weighted by atomic mass is 79.9. The van der Waals surface area contributed by atoms with Crippen molar-refractivity contribution in [3.63, 3.8) is 0 Å². The van der Waals surface area contributed by atoms with E-state index in [0.717, 1.165) is 18.4 Å². The van der Waals surface area contributed by atoms with Crippen molar-refractivity contribution < 1.29 is 0 Å². The van der Waals surface area contributed by atoms with E-state index in [4.69, 9.17) is 5.73 Å². The Morgan fingerprint density at radius 3 is 2.88 bits per heavy atom. The molecule has 1 aromatic rings. The molecule has 90 valence electrons. The van der Waals surface area contributed by atoms with Crippen LogP contribution in [0.1, 0.15) is 30.7 Å². The van der Waals surface area contributed by atoms with Crippen LogP contribution in [0.3, 0.4) is 0 Å². The zero-order valence-corrected chi connectivity index (χ0v) is 12.0. The molecule has 1 saturated carbocycles. The lowest BCUT2D eigenvalue weighted by Crippen LogP contribution is -2.31. The van der Waals surface area contributed by atoms with Gasteiger partial charge in [0.1, 0.15) is 0 Å². The van der Waals surface area contributed by atoms with Crippen LogP contribution in [0.4, 0.5) is 0 Å². The number of hydrogen-bond acceptors (Lipinski definition) is 3. The zero-order valence-electron chi connectivity index (χ0n) is 9.58. The second-order valence-corrected chi connectivity index (χ2v) is 6.45. The molecule has 2 unspecified atom stereocenters. The van der Waals surface area contributed by atoms with Gasteiger partial charge in [-0.1, -0.05) is 6.92 Å². The fraction of sp³-hybridized carbons (Fsp3) is 0.667. The van der Waals surface area contributed by atoms with Crippen LogP contribution in [0, 0.1) is 11.8 Å². The predicted octanol–water partition coefficient (Wildman–Crippen LogP) is 3.15. The summed E-state index contributed by atoms with van der Waals surface area (Å²) >= 11 is 5.34. The zero-order chi connectivity index (χ0) is 11.5. The maximum atomic E-state index is 5.83. The van der Waals surface area contributed by atoms with E-state index in [2.05, 4.69) is 39.6 Å². The van der Waals surface area contributed by atoms with Crippen molar-refractivity contribution in [2.75, 3.05) is 13.1 Å². The molecule has 1 aromatic heterocycles. The first-order valence-corrected chi connectivity index (χ1v) is 7.56. The lowest BCUT2D eigenvalue weighted by molar-refractivity contribution is 0.425. The predicted molar refractivity (Wildman–Crippen MR) is 73.7 cm³/mol. The van der Waals surface area contributed by atoms with Gasteiger partial charge in [-0.3, -0.25) is 0 Å². The van der Waals surface area contributed by atoms with E-state index in [9.17, 15) is 0 Å². The van der Waals surface area contributed by atoms with Crippen molar-refractivity contribution >= 4 is 27.3 Å². The third kappa shape index (κ3) is 3.06. The van der Waals surface area contributed by atoms with Crippen LogP contribution in [0.15, 0.2) is 15.9 Å². The van der Waals surface area contributed by atoms with E-state index in [1.807, 2.05) is 0 Å². The molecule has 0 bridgehead atoms. The minimum absolute atomic E-state index is 0.301. The van der Waals surface area contributed by atoms with E-state index in [1.54, 1.807) is 11.3 Å². The first kappa shape index (κ1) is 12.6. The Morgan fingerprint density at radius 1 is 1.62 bits per heavy atom. The molecule has 0 spiro atoms. The van der Waals surface area contributed by atoms with E-state index in [-0.39, 0.29) is 0 Å². The van der Waals surface area contributed by atoms with Crippen molar-refractivity contribution in [1.29, 1.82) is 0 Å². The molecule has 0 radical (unpaired) electrons. The summed E-state index contributed by atoms with van der Waals surface area (Å²) in [5.74, 6) is 1.74. The van der Waals surface area contributed by atoms with Gasteiger partial charge in [0.05, 0.1) is 6.04 Å². The van der Waals surface area contributed by atoms with Crippen LogP contribution < -0.4 is 11.1 Å². The SMILES string of the molecule is CC(CNC(CN)c1sccc1Br)C1CC1. The van der Waals surface area contributed by atoms with Crippen molar-refractivity contribution in [2.24, 2.45) is 17.6 Å². The fourth-order valence-corrected chi connectivity index (χ4v) is 3.74. The van der Waals surface area contributed by atoms with Crippen molar-refractivity contribution in [1.82, 2.24) is 5.32 Å².